The van der Waals surface area contributed by atoms with Crippen LogP contribution in [0.1, 0.15) is 0 Å². The molecule has 0 bridgehead atoms. The van der Waals surface area contributed by atoms with Gasteiger partial charge in [0.05, 0.1) is 5.52 Å². The monoisotopic (exact) mass is 241 g/mol. The summed E-state index contributed by atoms with van der Waals surface area (Å²) >= 11 is 0. The van der Waals surface area contributed by atoms with E-state index in [4.69, 9.17) is 0 Å². The van der Waals surface area contributed by atoms with E-state index in [9.17, 15) is 9.59 Å². The fraction of sp³-hybridized carbons (Fsp3) is 0. The van der Waals surface area contributed by atoms with Crippen molar-refractivity contribution in [1.29, 1.82) is 0 Å². The Kier molecular flexibility index (Phi) is 8.29. The Morgan fingerprint density at radius 3 is 2.22 bits per heavy atom. The minimum atomic E-state index is -0.574. The maximum absolute atomic E-state index is 9.69. The van der Waals surface area contributed by atoms with Crippen molar-refractivity contribution in [3.63, 3.8) is 0 Å². The minimum Gasteiger partial charge on any atom is -0.294 e. The normalized spacial score (nSPS) is 8.00. The predicted octanol–water partition coefficient (Wildman–Crippen LogP) is 2.98. The summed E-state index contributed by atoms with van der Waals surface area (Å²) in [5, 5.41) is 1.20. The molecule has 0 saturated heterocycles. The molecule has 0 aliphatic rings. The van der Waals surface area contributed by atoms with Crippen molar-refractivity contribution >= 4 is 23.0 Å². The van der Waals surface area contributed by atoms with Crippen LogP contribution < -0.4 is 0 Å². The second kappa shape index (κ2) is 9.66. The van der Waals surface area contributed by atoms with Crippen LogP contribution in [0.2, 0.25) is 0 Å². The Morgan fingerprint density at radius 1 is 1.11 bits per heavy atom. The number of aromatic nitrogens is 1. The number of rotatable bonds is 2. The van der Waals surface area contributed by atoms with E-state index in [2.05, 4.69) is 36.9 Å². The second-order valence-electron chi connectivity index (χ2n) is 2.92. The van der Waals surface area contributed by atoms with Crippen molar-refractivity contribution in [3.8, 4) is 0 Å². The van der Waals surface area contributed by atoms with E-state index in [1.54, 1.807) is 0 Å². The molecule has 0 amide bonds. The van der Waals surface area contributed by atoms with Crippen LogP contribution in [-0.4, -0.2) is 17.1 Å². The molecule has 3 nitrogen and oxygen atoms in total. The second-order valence-corrected chi connectivity index (χ2v) is 2.92. The molecule has 3 heteroatoms. The fourth-order valence-corrected chi connectivity index (χ4v) is 1.06. The molecule has 1 aromatic heterocycles. The van der Waals surface area contributed by atoms with Crippen LogP contribution in [0.25, 0.3) is 10.9 Å². The van der Waals surface area contributed by atoms with Crippen LogP contribution >= 0.6 is 0 Å². The lowest BCUT2D eigenvalue weighted by molar-refractivity contribution is -0.126. The number of carbonyl (C=O) groups is 2. The molecule has 1 heterocycles. The van der Waals surface area contributed by atoms with E-state index in [1.165, 1.54) is 5.39 Å². The number of hydrogen-bond donors (Lipinski definition) is 0. The third kappa shape index (κ3) is 5.51. The molecule has 0 fully saturated rings. The number of aldehydes is 1. The first kappa shape index (κ1) is 15.5. The Balaban J connectivity index is 0.000000315. The zero-order valence-corrected chi connectivity index (χ0v) is 10.1. The van der Waals surface area contributed by atoms with Crippen molar-refractivity contribution in [2.75, 3.05) is 0 Å². The van der Waals surface area contributed by atoms with Crippen molar-refractivity contribution in [2.24, 2.45) is 0 Å². The number of fused-ring (bicyclic) bond motifs is 1. The lowest BCUT2D eigenvalue weighted by atomic mass is 10.2. The molecule has 0 aliphatic heterocycles. The predicted molar refractivity (Wildman–Crippen MR) is 74.3 cm³/mol. The fourth-order valence-electron chi connectivity index (χ4n) is 1.06. The summed E-state index contributed by atoms with van der Waals surface area (Å²) in [6.07, 6.45) is 2.99. The Hall–Kier alpha value is -2.55. The van der Waals surface area contributed by atoms with Gasteiger partial charge in [-0.3, -0.25) is 14.6 Å². The molecule has 2 aromatic rings. The van der Waals surface area contributed by atoms with Gasteiger partial charge in [0.25, 0.3) is 0 Å². The van der Waals surface area contributed by atoms with Crippen molar-refractivity contribution < 1.29 is 9.59 Å². The van der Waals surface area contributed by atoms with Gasteiger partial charge in [-0.05, 0) is 18.2 Å². The number of carbonyl (C=O) groups excluding carboxylic acids is 2. The molecule has 1 aromatic carbocycles. The third-order valence-electron chi connectivity index (χ3n) is 1.83. The lowest BCUT2D eigenvalue weighted by Gasteiger charge is -1.91. The maximum Gasteiger partial charge on any atom is 0.217 e. The molecular formula is C15H15NO2. The van der Waals surface area contributed by atoms with Crippen LogP contribution in [0.15, 0.2) is 68.4 Å². The average Bonchev–Trinajstić information content (AvgIpc) is 2.49. The largest absolute Gasteiger partial charge is 0.294 e. The molecule has 0 radical (unpaired) electrons. The van der Waals surface area contributed by atoms with Gasteiger partial charge in [0.15, 0.2) is 6.29 Å². The molecule has 18 heavy (non-hydrogen) atoms. The first-order valence-corrected chi connectivity index (χ1v) is 5.19. The van der Waals surface area contributed by atoms with Crippen LogP contribution in [0.3, 0.4) is 0 Å². The highest BCUT2D eigenvalue weighted by molar-refractivity contribution is 6.30. The molecule has 0 N–H and O–H groups in total. The summed E-state index contributed by atoms with van der Waals surface area (Å²) in [5.74, 6) is -0.574. The van der Waals surface area contributed by atoms with Gasteiger partial charge in [0.1, 0.15) is 0 Å². The van der Waals surface area contributed by atoms with Crippen molar-refractivity contribution in [3.05, 3.63) is 68.4 Å². The molecule has 2 rings (SSSR count). The van der Waals surface area contributed by atoms with E-state index in [1.807, 2.05) is 30.5 Å². The molecule has 0 spiro atoms. The summed E-state index contributed by atoms with van der Waals surface area (Å²) in [6, 6.07) is 12.1. The molecular weight excluding hydrogens is 226 g/mol. The summed E-state index contributed by atoms with van der Waals surface area (Å²) in [6.45, 7) is 9.05. The first-order chi connectivity index (χ1) is 8.77. The zero-order valence-electron chi connectivity index (χ0n) is 10.1. The minimum absolute atomic E-state index is 0.215. The van der Waals surface area contributed by atoms with E-state index in [0.29, 0.717) is 0 Å². The maximum atomic E-state index is 9.69. The standard InChI is InChI=1S/C9H7N.C4H4O2.C2H4/c1-2-6-9-8(4-1)5-3-7-10-9;1-2-4(6)3-5;1-2/h1-7H;2-3H,1H2;1-2H2. The van der Waals surface area contributed by atoms with Crippen molar-refractivity contribution in [2.45, 2.75) is 0 Å². The Morgan fingerprint density at radius 2 is 1.72 bits per heavy atom. The topological polar surface area (TPSA) is 47.0 Å². The SMILES string of the molecule is C=C.C=CC(=O)C=O.c1ccc2ncccc2c1. The van der Waals surface area contributed by atoms with E-state index in [-0.39, 0.29) is 6.29 Å². The van der Waals surface area contributed by atoms with Gasteiger partial charge in [-0.15, -0.1) is 13.2 Å². The van der Waals surface area contributed by atoms with E-state index >= 15 is 0 Å². The lowest BCUT2D eigenvalue weighted by Crippen LogP contribution is -1.88. The number of allylic oxidation sites excluding steroid dienone is 1. The van der Waals surface area contributed by atoms with Crippen molar-refractivity contribution in [1.82, 2.24) is 4.98 Å². The summed E-state index contributed by atoms with van der Waals surface area (Å²) in [5.41, 5.74) is 1.06. The van der Waals surface area contributed by atoms with Gasteiger partial charge in [-0.1, -0.05) is 30.8 Å². The van der Waals surface area contributed by atoms with Gasteiger partial charge in [-0.2, -0.15) is 0 Å². The van der Waals surface area contributed by atoms with Crippen LogP contribution in [-0.2, 0) is 9.59 Å². The summed E-state index contributed by atoms with van der Waals surface area (Å²) in [7, 11) is 0. The quantitative estimate of drug-likeness (QED) is 0.351. The molecule has 0 aliphatic carbocycles. The van der Waals surface area contributed by atoms with Crippen LogP contribution in [0, 0.1) is 0 Å². The van der Waals surface area contributed by atoms with Crippen LogP contribution in [0.5, 0.6) is 0 Å². The summed E-state index contributed by atoms with van der Waals surface area (Å²) in [4.78, 5) is 23.2. The average molecular weight is 241 g/mol. The number of benzene rings is 1. The van der Waals surface area contributed by atoms with E-state index < -0.39 is 5.78 Å². The van der Waals surface area contributed by atoms with Gasteiger partial charge < -0.3 is 0 Å². The first-order valence-electron chi connectivity index (χ1n) is 5.19. The van der Waals surface area contributed by atoms with Gasteiger partial charge in [0.2, 0.25) is 5.78 Å². The molecule has 0 saturated carbocycles. The highest BCUT2D eigenvalue weighted by Gasteiger charge is 1.86. The summed E-state index contributed by atoms with van der Waals surface area (Å²) < 4.78 is 0. The number of nitrogens with zero attached hydrogens (tertiary/aromatic N) is 1. The number of pyridine rings is 1. The highest BCUT2D eigenvalue weighted by Crippen LogP contribution is 2.07. The molecule has 0 unspecified atom stereocenters. The van der Waals surface area contributed by atoms with Crippen LogP contribution in [0.4, 0.5) is 0 Å². The van der Waals surface area contributed by atoms with Gasteiger partial charge >= 0.3 is 0 Å². The molecule has 92 valence electrons. The van der Waals surface area contributed by atoms with E-state index in [0.717, 1.165) is 11.6 Å². The smallest absolute Gasteiger partial charge is 0.217 e. The zero-order chi connectivity index (χ0) is 13.8. The van der Waals surface area contributed by atoms with Gasteiger partial charge in [0, 0.05) is 11.6 Å². The third-order valence-corrected chi connectivity index (χ3v) is 1.83. The number of ketones is 1. The molecule has 0 atom stereocenters. The number of para-hydroxylation sites is 1. The Bertz CT molecular complexity index is 445. The highest BCUT2D eigenvalue weighted by atomic mass is 16.2. The Labute approximate surface area is 106 Å². The number of hydrogen-bond acceptors (Lipinski definition) is 3. The van der Waals surface area contributed by atoms with Gasteiger partial charge in [-0.25, -0.2) is 0 Å².